The Morgan fingerprint density at radius 3 is 2.24 bits per heavy atom. The first kappa shape index (κ1) is 20.6. The summed E-state index contributed by atoms with van der Waals surface area (Å²) in [6.45, 7) is 7.05. The van der Waals surface area contributed by atoms with Gasteiger partial charge in [0.1, 0.15) is 17.4 Å². The van der Waals surface area contributed by atoms with E-state index < -0.39 is 5.82 Å². The first-order valence-electron chi connectivity index (χ1n) is 7.83. The summed E-state index contributed by atoms with van der Waals surface area (Å²) in [6.07, 6.45) is 0. The van der Waals surface area contributed by atoms with Gasteiger partial charge in [-0.15, -0.1) is 0 Å². The summed E-state index contributed by atoms with van der Waals surface area (Å²) in [6, 6.07) is 5.58. The Bertz CT molecular complexity index is 738. The third-order valence-corrected chi connectivity index (χ3v) is 3.47. The zero-order valence-electron chi connectivity index (χ0n) is 14.8. The van der Waals surface area contributed by atoms with E-state index in [4.69, 9.17) is 5.73 Å². The van der Waals surface area contributed by atoms with Crippen LogP contribution in [0.2, 0.25) is 0 Å². The number of esters is 1. The van der Waals surface area contributed by atoms with Crippen LogP contribution in [0.4, 0.5) is 8.78 Å². The second-order valence-corrected chi connectivity index (χ2v) is 5.51. The zero-order chi connectivity index (χ0) is 19.1. The topological polar surface area (TPSA) is 72.5 Å². The highest BCUT2D eigenvalue weighted by Crippen LogP contribution is 2.35. The van der Waals surface area contributed by atoms with E-state index in [0.29, 0.717) is 34.4 Å². The molecule has 0 radical (unpaired) electrons. The SMILES string of the molecule is CCOC(C)=O.Cc1cc(-c2c(C)cc(F)cc2O)cc(CN)c1F. The summed E-state index contributed by atoms with van der Waals surface area (Å²) in [5.41, 5.74) is 8.05. The lowest BCUT2D eigenvalue weighted by Gasteiger charge is -2.12. The van der Waals surface area contributed by atoms with Gasteiger partial charge in [0.25, 0.3) is 0 Å². The predicted molar refractivity (Wildman–Crippen MR) is 93.1 cm³/mol. The fourth-order valence-corrected chi connectivity index (χ4v) is 2.44. The van der Waals surface area contributed by atoms with Crippen LogP contribution in [0.25, 0.3) is 11.1 Å². The summed E-state index contributed by atoms with van der Waals surface area (Å²) in [5.74, 6) is -1.22. The number of ether oxygens (including phenoxy) is 1. The number of rotatable bonds is 3. The zero-order valence-corrected chi connectivity index (χ0v) is 14.8. The van der Waals surface area contributed by atoms with E-state index in [2.05, 4.69) is 4.74 Å². The summed E-state index contributed by atoms with van der Waals surface area (Å²) >= 11 is 0. The van der Waals surface area contributed by atoms with Crippen LogP contribution in [0.5, 0.6) is 5.75 Å². The maximum absolute atomic E-state index is 13.8. The first-order valence-corrected chi connectivity index (χ1v) is 7.83. The van der Waals surface area contributed by atoms with Gasteiger partial charge in [-0.05, 0) is 55.7 Å². The molecule has 136 valence electrons. The van der Waals surface area contributed by atoms with Gasteiger partial charge in [0.15, 0.2) is 0 Å². The van der Waals surface area contributed by atoms with Crippen molar-refractivity contribution in [2.24, 2.45) is 5.73 Å². The van der Waals surface area contributed by atoms with Gasteiger partial charge in [0, 0.05) is 30.7 Å². The number of halogens is 2. The van der Waals surface area contributed by atoms with Gasteiger partial charge in [-0.2, -0.15) is 0 Å². The molecule has 0 amide bonds. The summed E-state index contributed by atoms with van der Waals surface area (Å²) in [4.78, 5) is 9.82. The van der Waals surface area contributed by atoms with Crippen LogP contribution in [-0.4, -0.2) is 17.7 Å². The van der Waals surface area contributed by atoms with Crippen LogP contribution in [0.1, 0.15) is 30.5 Å². The molecule has 0 atom stereocenters. The van der Waals surface area contributed by atoms with Gasteiger partial charge in [-0.3, -0.25) is 4.79 Å². The van der Waals surface area contributed by atoms with Crippen molar-refractivity contribution in [3.63, 3.8) is 0 Å². The fourth-order valence-electron chi connectivity index (χ4n) is 2.44. The van der Waals surface area contributed by atoms with E-state index in [-0.39, 0.29) is 24.1 Å². The van der Waals surface area contributed by atoms with E-state index in [9.17, 15) is 18.7 Å². The van der Waals surface area contributed by atoms with Gasteiger partial charge in [-0.1, -0.05) is 0 Å². The normalized spacial score (nSPS) is 10.0. The van der Waals surface area contributed by atoms with Crippen LogP contribution in [-0.2, 0) is 16.1 Å². The average molecular weight is 351 g/mol. The molecule has 0 heterocycles. The second-order valence-electron chi connectivity index (χ2n) is 5.51. The largest absolute Gasteiger partial charge is 0.507 e. The van der Waals surface area contributed by atoms with E-state index in [1.807, 2.05) is 0 Å². The Kier molecular flexibility index (Phi) is 7.51. The first-order chi connectivity index (χ1) is 11.7. The van der Waals surface area contributed by atoms with Crippen molar-refractivity contribution in [1.82, 2.24) is 0 Å². The Morgan fingerprint density at radius 2 is 1.80 bits per heavy atom. The van der Waals surface area contributed by atoms with Crippen LogP contribution < -0.4 is 5.73 Å². The molecule has 2 aromatic carbocycles. The third-order valence-electron chi connectivity index (χ3n) is 3.47. The number of carbonyl (C=O) groups excluding carboxylic acids is 1. The molecule has 0 aliphatic carbocycles. The highest BCUT2D eigenvalue weighted by atomic mass is 19.1. The Labute approximate surface area is 146 Å². The molecule has 4 nitrogen and oxygen atoms in total. The quantitative estimate of drug-likeness (QED) is 0.821. The van der Waals surface area contributed by atoms with Crippen molar-refractivity contribution >= 4 is 5.97 Å². The minimum absolute atomic E-state index is 0.0709. The lowest BCUT2D eigenvalue weighted by molar-refractivity contribution is -0.140. The molecular weight excluding hydrogens is 328 g/mol. The molecule has 0 spiro atoms. The molecule has 0 aliphatic rings. The molecule has 3 N–H and O–H groups in total. The highest BCUT2D eigenvalue weighted by Gasteiger charge is 2.14. The van der Waals surface area contributed by atoms with Crippen LogP contribution >= 0.6 is 0 Å². The third kappa shape index (κ3) is 5.53. The molecule has 2 rings (SSSR count). The summed E-state index contributed by atoms with van der Waals surface area (Å²) < 4.78 is 31.3. The molecular formula is C19H23F2NO3. The van der Waals surface area contributed by atoms with Gasteiger partial charge >= 0.3 is 5.97 Å². The standard InChI is InChI=1S/C15H15F2NO.C4H8O2/c1-8-4-12(16)6-13(19)14(8)10-3-9(2)15(17)11(5-10)7-18;1-3-6-4(2)5/h3-6,19H,7,18H2,1-2H3;3H2,1-2H3. The van der Waals surface area contributed by atoms with Crippen molar-refractivity contribution in [2.45, 2.75) is 34.2 Å². The number of aromatic hydroxyl groups is 1. The number of hydrogen-bond donors (Lipinski definition) is 2. The Hall–Kier alpha value is -2.47. The van der Waals surface area contributed by atoms with E-state index in [1.54, 1.807) is 32.9 Å². The number of nitrogens with two attached hydrogens (primary N) is 1. The van der Waals surface area contributed by atoms with Crippen molar-refractivity contribution in [3.8, 4) is 16.9 Å². The highest BCUT2D eigenvalue weighted by molar-refractivity contribution is 5.74. The maximum atomic E-state index is 13.8. The van der Waals surface area contributed by atoms with E-state index >= 15 is 0 Å². The average Bonchev–Trinajstić information content (AvgIpc) is 2.50. The molecule has 0 fully saturated rings. The minimum atomic E-state index is -0.503. The van der Waals surface area contributed by atoms with Crippen molar-refractivity contribution in [1.29, 1.82) is 0 Å². The van der Waals surface area contributed by atoms with Crippen molar-refractivity contribution in [2.75, 3.05) is 6.61 Å². The van der Waals surface area contributed by atoms with Gasteiger partial charge in [0.05, 0.1) is 6.61 Å². The Morgan fingerprint density at radius 1 is 1.16 bits per heavy atom. The number of phenols is 1. The molecule has 0 bridgehead atoms. The predicted octanol–water partition coefficient (Wildman–Crippen LogP) is 3.98. The summed E-state index contributed by atoms with van der Waals surface area (Å²) in [7, 11) is 0. The van der Waals surface area contributed by atoms with Crippen LogP contribution in [0.15, 0.2) is 24.3 Å². The molecule has 0 saturated heterocycles. The van der Waals surface area contributed by atoms with Crippen molar-refractivity contribution < 1.29 is 23.4 Å². The van der Waals surface area contributed by atoms with Gasteiger partial charge in [0.2, 0.25) is 0 Å². The Balaban J connectivity index is 0.000000450. The molecule has 0 aromatic heterocycles. The lowest BCUT2D eigenvalue weighted by atomic mass is 9.95. The minimum Gasteiger partial charge on any atom is -0.507 e. The number of benzene rings is 2. The molecule has 0 unspecified atom stereocenters. The smallest absolute Gasteiger partial charge is 0.302 e. The maximum Gasteiger partial charge on any atom is 0.302 e. The summed E-state index contributed by atoms with van der Waals surface area (Å²) in [5, 5.41) is 9.88. The fraction of sp³-hybridized carbons (Fsp3) is 0.316. The van der Waals surface area contributed by atoms with Crippen LogP contribution in [0.3, 0.4) is 0 Å². The van der Waals surface area contributed by atoms with Crippen molar-refractivity contribution in [3.05, 3.63) is 52.6 Å². The molecule has 6 heteroatoms. The van der Waals surface area contributed by atoms with Gasteiger partial charge < -0.3 is 15.6 Å². The van der Waals surface area contributed by atoms with Gasteiger partial charge in [-0.25, -0.2) is 8.78 Å². The monoisotopic (exact) mass is 351 g/mol. The lowest BCUT2D eigenvalue weighted by Crippen LogP contribution is -2.02. The van der Waals surface area contributed by atoms with Crippen LogP contribution in [0, 0.1) is 25.5 Å². The second kappa shape index (κ2) is 9.13. The molecule has 0 saturated carbocycles. The van der Waals surface area contributed by atoms with E-state index in [1.165, 1.54) is 13.0 Å². The number of carbonyl (C=O) groups is 1. The number of phenolic OH excluding ortho intramolecular Hbond substituents is 1. The molecule has 0 aliphatic heterocycles. The number of hydrogen-bond acceptors (Lipinski definition) is 4. The number of aryl methyl sites for hydroxylation is 2. The molecule has 25 heavy (non-hydrogen) atoms. The molecule has 2 aromatic rings. The van der Waals surface area contributed by atoms with E-state index in [0.717, 1.165) is 6.07 Å².